The number of non-ortho nitro benzene ring substituents is 1. The van der Waals surface area contributed by atoms with Gasteiger partial charge in [0.15, 0.2) is 6.61 Å². The van der Waals surface area contributed by atoms with Gasteiger partial charge in [0, 0.05) is 23.1 Å². The van der Waals surface area contributed by atoms with Gasteiger partial charge in [-0.15, -0.1) is 0 Å². The van der Waals surface area contributed by atoms with Crippen LogP contribution in [0.25, 0.3) is 11.0 Å². The average Bonchev–Trinajstić information content (AvgIpc) is 3.03. The van der Waals surface area contributed by atoms with Gasteiger partial charge < -0.3 is 14.5 Å². The molecule has 150 valence electrons. The van der Waals surface area contributed by atoms with Gasteiger partial charge in [0.25, 0.3) is 11.6 Å². The van der Waals surface area contributed by atoms with Crippen LogP contribution in [0.1, 0.15) is 16.7 Å². The molecule has 0 saturated carbocycles. The highest BCUT2D eigenvalue weighted by molar-refractivity contribution is 5.93. The minimum atomic E-state index is -0.842. The van der Waals surface area contributed by atoms with Gasteiger partial charge in [-0.3, -0.25) is 19.7 Å². The SMILES string of the molecule is Cc1cc2occ(CC(=O)OCC(=O)Nc3cc([N+](=O)[O-])ccc3F)c2cc1C. The number of amides is 1. The summed E-state index contributed by atoms with van der Waals surface area (Å²) in [7, 11) is 0. The molecule has 9 heteroatoms. The quantitative estimate of drug-likeness (QED) is 0.382. The lowest BCUT2D eigenvalue weighted by molar-refractivity contribution is -0.384. The number of hydrogen-bond acceptors (Lipinski definition) is 6. The molecular weight excluding hydrogens is 383 g/mol. The number of anilines is 1. The number of rotatable bonds is 6. The monoisotopic (exact) mass is 400 g/mol. The minimum absolute atomic E-state index is 0.103. The molecule has 0 aliphatic heterocycles. The molecule has 0 bridgehead atoms. The van der Waals surface area contributed by atoms with Crippen molar-refractivity contribution < 1.29 is 28.1 Å². The Labute approximate surface area is 164 Å². The van der Waals surface area contributed by atoms with Gasteiger partial charge in [-0.25, -0.2) is 4.39 Å². The average molecular weight is 400 g/mol. The lowest BCUT2D eigenvalue weighted by Gasteiger charge is -2.07. The Balaban J connectivity index is 1.60. The molecule has 0 atom stereocenters. The summed E-state index contributed by atoms with van der Waals surface area (Å²) in [5.41, 5.74) is 2.63. The summed E-state index contributed by atoms with van der Waals surface area (Å²) < 4.78 is 24.1. The summed E-state index contributed by atoms with van der Waals surface area (Å²) in [5.74, 6) is -2.33. The predicted molar refractivity (Wildman–Crippen MR) is 102 cm³/mol. The zero-order valence-corrected chi connectivity index (χ0v) is 15.7. The summed E-state index contributed by atoms with van der Waals surface area (Å²) in [5, 5.41) is 13.7. The Morgan fingerprint density at radius 3 is 2.66 bits per heavy atom. The Hall–Kier alpha value is -3.75. The Morgan fingerprint density at radius 2 is 1.93 bits per heavy atom. The predicted octanol–water partition coefficient (Wildman–Crippen LogP) is 3.82. The molecule has 29 heavy (non-hydrogen) atoms. The molecule has 1 N–H and O–H groups in total. The number of nitrogens with zero attached hydrogens (tertiary/aromatic N) is 1. The van der Waals surface area contributed by atoms with E-state index in [0.717, 1.165) is 34.7 Å². The van der Waals surface area contributed by atoms with Crippen molar-refractivity contribution in [1.82, 2.24) is 0 Å². The van der Waals surface area contributed by atoms with E-state index in [1.54, 1.807) is 0 Å². The van der Waals surface area contributed by atoms with Crippen molar-refractivity contribution in [2.75, 3.05) is 11.9 Å². The van der Waals surface area contributed by atoms with E-state index in [2.05, 4.69) is 5.32 Å². The fourth-order valence-corrected chi connectivity index (χ4v) is 2.73. The number of halogens is 1. The Morgan fingerprint density at radius 1 is 1.21 bits per heavy atom. The molecule has 8 nitrogen and oxygen atoms in total. The van der Waals surface area contributed by atoms with Gasteiger partial charge in [-0.2, -0.15) is 0 Å². The van der Waals surface area contributed by atoms with Gasteiger partial charge in [0.05, 0.1) is 23.3 Å². The van der Waals surface area contributed by atoms with Crippen LogP contribution in [0.4, 0.5) is 15.8 Å². The van der Waals surface area contributed by atoms with E-state index in [9.17, 15) is 24.1 Å². The second-order valence-corrected chi connectivity index (χ2v) is 6.50. The van der Waals surface area contributed by atoms with Crippen LogP contribution in [0.5, 0.6) is 0 Å². The van der Waals surface area contributed by atoms with Crippen molar-refractivity contribution >= 4 is 34.2 Å². The van der Waals surface area contributed by atoms with Gasteiger partial charge in [-0.05, 0) is 43.2 Å². The second-order valence-electron chi connectivity index (χ2n) is 6.50. The normalized spacial score (nSPS) is 10.7. The molecule has 3 rings (SSSR count). The fourth-order valence-electron chi connectivity index (χ4n) is 2.73. The van der Waals surface area contributed by atoms with Crippen molar-refractivity contribution in [1.29, 1.82) is 0 Å². The number of aryl methyl sites for hydroxylation is 2. The van der Waals surface area contributed by atoms with E-state index in [0.29, 0.717) is 11.1 Å². The van der Waals surface area contributed by atoms with Crippen LogP contribution in [0.3, 0.4) is 0 Å². The minimum Gasteiger partial charge on any atom is -0.464 e. The summed E-state index contributed by atoms with van der Waals surface area (Å²) in [6, 6.07) is 6.52. The first kappa shape index (κ1) is 20.0. The third-order valence-electron chi connectivity index (χ3n) is 4.40. The molecule has 1 heterocycles. The third-order valence-corrected chi connectivity index (χ3v) is 4.40. The number of nitro benzene ring substituents is 1. The van der Waals surface area contributed by atoms with E-state index in [-0.39, 0.29) is 17.8 Å². The second kappa shape index (κ2) is 8.09. The van der Waals surface area contributed by atoms with Crippen LogP contribution < -0.4 is 5.32 Å². The standard InChI is InChI=1S/C20H17FN2O6/c1-11-5-15-13(9-28-18(15)6-12(11)2)7-20(25)29-10-19(24)22-17-8-14(23(26)27)3-4-16(17)21/h3-6,8-9H,7,10H2,1-2H3,(H,22,24). The maximum Gasteiger partial charge on any atom is 0.310 e. The number of furan rings is 1. The van der Waals surface area contributed by atoms with Crippen molar-refractivity contribution in [3.8, 4) is 0 Å². The van der Waals surface area contributed by atoms with Crippen molar-refractivity contribution in [2.45, 2.75) is 20.3 Å². The summed E-state index contributed by atoms with van der Waals surface area (Å²) in [4.78, 5) is 34.0. The summed E-state index contributed by atoms with van der Waals surface area (Å²) in [6.45, 7) is 3.24. The number of benzene rings is 2. The molecule has 0 aliphatic rings. The number of carbonyl (C=O) groups excluding carboxylic acids is 2. The number of nitrogens with one attached hydrogen (secondary N) is 1. The van der Waals surface area contributed by atoms with E-state index in [1.165, 1.54) is 6.26 Å². The first-order valence-electron chi connectivity index (χ1n) is 8.61. The van der Waals surface area contributed by atoms with Crippen LogP contribution in [0.15, 0.2) is 41.0 Å². The van der Waals surface area contributed by atoms with Gasteiger partial charge >= 0.3 is 5.97 Å². The highest BCUT2D eigenvalue weighted by atomic mass is 19.1. The van der Waals surface area contributed by atoms with Crippen molar-refractivity contribution in [3.63, 3.8) is 0 Å². The molecular formula is C20H17FN2O6. The number of esters is 1. The molecule has 3 aromatic rings. The van der Waals surface area contributed by atoms with Crippen molar-refractivity contribution in [3.05, 3.63) is 69.2 Å². The van der Waals surface area contributed by atoms with Crippen LogP contribution in [-0.4, -0.2) is 23.4 Å². The van der Waals surface area contributed by atoms with E-state index in [4.69, 9.17) is 9.15 Å². The molecule has 0 spiro atoms. The highest BCUT2D eigenvalue weighted by Gasteiger charge is 2.16. The highest BCUT2D eigenvalue weighted by Crippen LogP contribution is 2.25. The number of hydrogen-bond donors (Lipinski definition) is 1. The molecule has 2 aromatic carbocycles. The topological polar surface area (TPSA) is 112 Å². The molecule has 1 amide bonds. The van der Waals surface area contributed by atoms with Crippen LogP contribution >= 0.6 is 0 Å². The van der Waals surface area contributed by atoms with E-state index >= 15 is 0 Å². The first-order chi connectivity index (χ1) is 13.7. The zero-order chi connectivity index (χ0) is 21.1. The lowest BCUT2D eigenvalue weighted by Crippen LogP contribution is -2.22. The molecule has 0 aliphatic carbocycles. The van der Waals surface area contributed by atoms with Crippen molar-refractivity contribution in [2.24, 2.45) is 0 Å². The zero-order valence-electron chi connectivity index (χ0n) is 15.7. The van der Waals surface area contributed by atoms with E-state index in [1.807, 2.05) is 26.0 Å². The number of fused-ring (bicyclic) bond motifs is 1. The Bertz CT molecular complexity index is 1120. The largest absolute Gasteiger partial charge is 0.464 e. The molecule has 0 unspecified atom stereocenters. The maximum atomic E-state index is 13.7. The van der Waals surface area contributed by atoms with Crippen LogP contribution in [0, 0.1) is 29.8 Å². The molecule has 0 radical (unpaired) electrons. The lowest BCUT2D eigenvalue weighted by atomic mass is 10.0. The van der Waals surface area contributed by atoms with E-state index < -0.39 is 29.2 Å². The molecule has 1 aromatic heterocycles. The van der Waals surface area contributed by atoms with Gasteiger partial charge in [0.1, 0.15) is 11.4 Å². The number of carbonyl (C=O) groups is 2. The molecule has 0 fully saturated rings. The summed E-state index contributed by atoms with van der Waals surface area (Å²) >= 11 is 0. The summed E-state index contributed by atoms with van der Waals surface area (Å²) in [6.07, 6.45) is 1.36. The fraction of sp³-hybridized carbons (Fsp3) is 0.200. The Kier molecular flexibility index (Phi) is 5.58. The van der Waals surface area contributed by atoms with Crippen LogP contribution in [-0.2, 0) is 20.7 Å². The third kappa shape index (κ3) is 4.57. The first-order valence-corrected chi connectivity index (χ1v) is 8.61. The van der Waals surface area contributed by atoms with Gasteiger partial charge in [0.2, 0.25) is 0 Å². The number of ether oxygens (including phenoxy) is 1. The smallest absolute Gasteiger partial charge is 0.310 e. The number of nitro groups is 1. The van der Waals surface area contributed by atoms with Gasteiger partial charge in [-0.1, -0.05) is 0 Å². The van der Waals surface area contributed by atoms with Crippen LogP contribution in [0.2, 0.25) is 0 Å². The molecule has 0 saturated heterocycles. The maximum absolute atomic E-state index is 13.7.